The predicted octanol–water partition coefficient (Wildman–Crippen LogP) is 3.11. The molecule has 1 unspecified atom stereocenters. The number of nitrogens with zero attached hydrogens (tertiary/aromatic N) is 2. The zero-order chi connectivity index (χ0) is 17.9. The molecule has 0 spiro atoms. The fourth-order valence-corrected chi connectivity index (χ4v) is 4.38. The molecular weight excluding hydrogens is 350 g/mol. The van der Waals surface area contributed by atoms with E-state index in [0.29, 0.717) is 22.2 Å². The number of methoxy groups -OCH3 is 1. The van der Waals surface area contributed by atoms with E-state index in [4.69, 9.17) is 9.47 Å². The van der Waals surface area contributed by atoms with Crippen LogP contribution in [-0.2, 0) is 23.0 Å². The van der Waals surface area contributed by atoms with Crippen LogP contribution in [0.2, 0.25) is 0 Å². The molecule has 0 saturated heterocycles. The third-order valence-corrected chi connectivity index (χ3v) is 5.77. The van der Waals surface area contributed by atoms with Gasteiger partial charge in [0.05, 0.1) is 40.9 Å². The highest BCUT2D eigenvalue weighted by Crippen LogP contribution is 2.31. The Kier molecular flexibility index (Phi) is 4.71. The molecule has 0 fully saturated rings. The Hall–Kier alpha value is -2.67. The van der Waals surface area contributed by atoms with E-state index in [1.165, 1.54) is 0 Å². The van der Waals surface area contributed by atoms with Crippen molar-refractivity contribution in [1.82, 2.24) is 15.0 Å². The molecule has 1 N–H and O–H groups in total. The van der Waals surface area contributed by atoms with Crippen LogP contribution < -0.4 is 9.47 Å². The van der Waals surface area contributed by atoms with E-state index in [-0.39, 0.29) is 0 Å². The van der Waals surface area contributed by atoms with Gasteiger partial charge in [0.15, 0.2) is 0 Å². The second kappa shape index (κ2) is 7.29. The lowest BCUT2D eigenvalue weighted by Gasteiger charge is -2.19. The van der Waals surface area contributed by atoms with Crippen LogP contribution in [0.5, 0.6) is 11.5 Å². The molecule has 0 aliphatic carbocycles. The summed E-state index contributed by atoms with van der Waals surface area (Å²) in [6, 6.07) is 7.38. The summed E-state index contributed by atoms with van der Waals surface area (Å²) in [5, 5.41) is 0. The van der Waals surface area contributed by atoms with Crippen molar-refractivity contribution in [1.29, 1.82) is 0 Å². The Labute approximate surface area is 154 Å². The molecule has 1 aliphatic rings. The highest BCUT2D eigenvalue weighted by molar-refractivity contribution is 7.84. The quantitative estimate of drug-likeness (QED) is 0.748. The lowest BCUT2D eigenvalue weighted by molar-refractivity contribution is 0.287. The van der Waals surface area contributed by atoms with E-state index in [9.17, 15) is 4.21 Å². The predicted molar refractivity (Wildman–Crippen MR) is 98.7 cm³/mol. The summed E-state index contributed by atoms with van der Waals surface area (Å²) in [5.41, 5.74) is 2.68. The van der Waals surface area contributed by atoms with Crippen molar-refractivity contribution >= 4 is 10.8 Å². The van der Waals surface area contributed by atoms with Crippen molar-refractivity contribution in [2.45, 2.75) is 23.5 Å². The standard InChI is InChI=1S/C19H19N3O3S/c1-24-13-4-5-18(15(11-13)19-21-8-9-22-19)26(23)12-16-14-3-2-10-25-17(14)6-7-20-16/h4-9,11H,2-3,10,12H2,1H3,(H,21,22). The van der Waals surface area contributed by atoms with Crippen LogP contribution in [0, 0.1) is 0 Å². The fourth-order valence-electron chi connectivity index (χ4n) is 3.11. The van der Waals surface area contributed by atoms with E-state index in [1.54, 1.807) is 25.7 Å². The normalized spacial score (nSPS) is 14.3. The van der Waals surface area contributed by atoms with Gasteiger partial charge in [0.2, 0.25) is 0 Å². The van der Waals surface area contributed by atoms with Crippen molar-refractivity contribution in [2.75, 3.05) is 13.7 Å². The number of aromatic amines is 1. The second-order valence-electron chi connectivity index (χ2n) is 5.98. The number of nitrogens with one attached hydrogen (secondary N) is 1. The Morgan fingerprint density at radius 1 is 1.27 bits per heavy atom. The summed E-state index contributed by atoms with van der Waals surface area (Å²) in [6.45, 7) is 0.723. The largest absolute Gasteiger partial charge is 0.497 e. The van der Waals surface area contributed by atoms with E-state index in [2.05, 4.69) is 15.0 Å². The number of pyridine rings is 1. The number of ether oxygens (including phenoxy) is 2. The summed E-state index contributed by atoms with van der Waals surface area (Å²) in [6.07, 6.45) is 7.00. The maximum absolute atomic E-state index is 13.2. The minimum atomic E-state index is -1.27. The molecule has 0 saturated carbocycles. The van der Waals surface area contributed by atoms with Crippen molar-refractivity contribution < 1.29 is 13.7 Å². The van der Waals surface area contributed by atoms with Crippen molar-refractivity contribution in [3.05, 3.63) is 54.1 Å². The Bertz CT molecular complexity index is 941. The molecule has 26 heavy (non-hydrogen) atoms. The third kappa shape index (κ3) is 3.22. The molecular formula is C19H19N3O3S. The summed E-state index contributed by atoms with van der Waals surface area (Å²) >= 11 is 0. The van der Waals surface area contributed by atoms with Gasteiger partial charge in [-0.1, -0.05) is 0 Å². The van der Waals surface area contributed by atoms with Crippen LogP contribution in [-0.4, -0.2) is 32.9 Å². The fraction of sp³-hybridized carbons (Fsp3) is 0.263. The molecule has 134 valence electrons. The molecule has 6 nitrogen and oxygen atoms in total. The first kappa shape index (κ1) is 16.8. The van der Waals surface area contributed by atoms with Gasteiger partial charge in [0.25, 0.3) is 0 Å². The molecule has 7 heteroatoms. The van der Waals surface area contributed by atoms with Gasteiger partial charge >= 0.3 is 0 Å². The minimum absolute atomic E-state index is 0.340. The van der Waals surface area contributed by atoms with Crippen LogP contribution in [0.3, 0.4) is 0 Å². The van der Waals surface area contributed by atoms with Gasteiger partial charge in [0, 0.05) is 29.7 Å². The van der Waals surface area contributed by atoms with Gasteiger partial charge in [0.1, 0.15) is 17.3 Å². The van der Waals surface area contributed by atoms with Gasteiger partial charge in [-0.3, -0.25) is 9.19 Å². The molecule has 0 radical (unpaired) electrons. The van der Waals surface area contributed by atoms with Gasteiger partial charge < -0.3 is 14.5 Å². The third-order valence-electron chi connectivity index (χ3n) is 4.38. The number of hydrogen-bond acceptors (Lipinski definition) is 5. The van der Waals surface area contributed by atoms with Gasteiger partial charge in [-0.2, -0.15) is 0 Å². The van der Waals surface area contributed by atoms with Crippen molar-refractivity contribution in [3.8, 4) is 22.9 Å². The van der Waals surface area contributed by atoms with Crippen molar-refractivity contribution in [3.63, 3.8) is 0 Å². The van der Waals surface area contributed by atoms with E-state index in [1.807, 2.05) is 24.3 Å². The smallest absolute Gasteiger partial charge is 0.138 e. The highest BCUT2D eigenvalue weighted by atomic mass is 32.2. The average molecular weight is 369 g/mol. The number of rotatable bonds is 5. The molecule has 1 aliphatic heterocycles. The summed E-state index contributed by atoms with van der Waals surface area (Å²) in [4.78, 5) is 12.5. The molecule has 0 bridgehead atoms. The molecule has 1 aromatic carbocycles. The highest BCUT2D eigenvalue weighted by Gasteiger charge is 2.20. The van der Waals surface area contributed by atoms with Crippen LogP contribution in [0.15, 0.2) is 47.8 Å². The Balaban J connectivity index is 1.69. The summed E-state index contributed by atoms with van der Waals surface area (Å²) in [7, 11) is 0.337. The van der Waals surface area contributed by atoms with E-state index in [0.717, 1.165) is 42.0 Å². The molecule has 1 atom stereocenters. The summed E-state index contributed by atoms with van der Waals surface area (Å²) < 4.78 is 24.2. The number of imidazole rings is 1. The molecule has 2 aromatic heterocycles. The topological polar surface area (TPSA) is 77.1 Å². The average Bonchev–Trinajstić information content (AvgIpc) is 3.22. The molecule has 0 amide bonds. The first-order chi connectivity index (χ1) is 12.8. The van der Waals surface area contributed by atoms with Crippen molar-refractivity contribution in [2.24, 2.45) is 0 Å². The zero-order valence-corrected chi connectivity index (χ0v) is 15.2. The number of aromatic nitrogens is 3. The van der Waals surface area contributed by atoms with Crippen LogP contribution in [0.1, 0.15) is 17.7 Å². The maximum Gasteiger partial charge on any atom is 0.138 e. The van der Waals surface area contributed by atoms with Crippen LogP contribution >= 0.6 is 0 Å². The number of H-pyrrole nitrogens is 1. The van der Waals surface area contributed by atoms with Gasteiger partial charge in [-0.05, 0) is 37.1 Å². The molecule has 3 aromatic rings. The number of benzene rings is 1. The first-order valence-corrected chi connectivity index (χ1v) is 9.74. The van der Waals surface area contributed by atoms with Gasteiger partial charge in [-0.15, -0.1) is 0 Å². The molecule has 3 heterocycles. The lowest BCUT2D eigenvalue weighted by atomic mass is 10.1. The Morgan fingerprint density at radius 2 is 2.19 bits per heavy atom. The number of fused-ring (bicyclic) bond motifs is 1. The Morgan fingerprint density at radius 3 is 3.00 bits per heavy atom. The summed E-state index contributed by atoms with van der Waals surface area (Å²) in [5.74, 6) is 2.56. The monoisotopic (exact) mass is 369 g/mol. The second-order valence-corrected chi connectivity index (χ2v) is 7.40. The van der Waals surface area contributed by atoms with E-state index < -0.39 is 10.8 Å². The lowest BCUT2D eigenvalue weighted by Crippen LogP contribution is -2.13. The number of hydrogen-bond donors (Lipinski definition) is 1. The molecule has 4 rings (SSSR count). The van der Waals surface area contributed by atoms with E-state index >= 15 is 0 Å². The van der Waals surface area contributed by atoms with Gasteiger partial charge in [-0.25, -0.2) is 4.98 Å². The zero-order valence-electron chi connectivity index (χ0n) is 14.4. The van der Waals surface area contributed by atoms with Crippen LogP contribution in [0.25, 0.3) is 11.4 Å². The first-order valence-electron chi connectivity index (χ1n) is 8.42. The SMILES string of the molecule is COc1ccc(S(=O)Cc2nccc3c2CCCO3)c(-c2ncc[nH]2)c1. The minimum Gasteiger partial charge on any atom is -0.497 e. The van der Waals surface area contributed by atoms with Crippen LogP contribution in [0.4, 0.5) is 0 Å². The maximum atomic E-state index is 13.2.